The van der Waals surface area contributed by atoms with Gasteiger partial charge in [0, 0.05) is 17.8 Å². The van der Waals surface area contributed by atoms with E-state index in [4.69, 9.17) is 0 Å². The van der Waals surface area contributed by atoms with Crippen LogP contribution in [0, 0.1) is 6.92 Å². The van der Waals surface area contributed by atoms with Crippen molar-refractivity contribution in [3.05, 3.63) is 48.3 Å². The third-order valence-electron chi connectivity index (χ3n) is 2.80. The van der Waals surface area contributed by atoms with Crippen LogP contribution in [0.3, 0.4) is 0 Å². The molecule has 3 rings (SSSR count). The van der Waals surface area contributed by atoms with Gasteiger partial charge in [-0.05, 0) is 25.1 Å². The van der Waals surface area contributed by atoms with Gasteiger partial charge >= 0.3 is 0 Å². The van der Waals surface area contributed by atoms with E-state index in [1.807, 2.05) is 37.3 Å². The van der Waals surface area contributed by atoms with E-state index in [0.717, 1.165) is 22.6 Å². The molecule has 0 unspecified atom stereocenters. The summed E-state index contributed by atoms with van der Waals surface area (Å²) >= 11 is 0. The lowest BCUT2D eigenvalue weighted by Gasteiger charge is -2.04. The van der Waals surface area contributed by atoms with Crippen LogP contribution >= 0.6 is 0 Å². The van der Waals surface area contributed by atoms with Gasteiger partial charge in [-0.25, -0.2) is 14.3 Å². The van der Waals surface area contributed by atoms with Gasteiger partial charge in [-0.15, -0.1) is 0 Å². The topological polar surface area (TPSA) is 59.6 Å². The predicted octanol–water partition coefficient (Wildman–Crippen LogP) is 2.67. The fourth-order valence-corrected chi connectivity index (χ4v) is 2.02. The van der Waals surface area contributed by atoms with Crippen molar-refractivity contribution in [2.24, 2.45) is 4.99 Å². The summed E-state index contributed by atoms with van der Waals surface area (Å²) in [7, 11) is 0. The molecule has 0 atom stereocenters. The Morgan fingerprint density at radius 2 is 2.16 bits per heavy atom. The van der Waals surface area contributed by atoms with Crippen LogP contribution in [0.1, 0.15) is 5.69 Å². The first kappa shape index (κ1) is 11.3. The lowest BCUT2D eigenvalue weighted by atomic mass is 10.1. The minimum atomic E-state index is 0.571. The molecule has 0 saturated heterocycles. The highest BCUT2D eigenvalue weighted by Crippen LogP contribution is 2.24. The fraction of sp³-hybridized carbons (Fsp3) is 0.0714. The van der Waals surface area contributed by atoms with E-state index < -0.39 is 0 Å². The molecule has 0 amide bonds. The van der Waals surface area contributed by atoms with E-state index >= 15 is 0 Å². The van der Waals surface area contributed by atoms with Crippen LogP contribution in [0.5, 0.6) is 0 Å². The van der Waals surface area contributed by atoms with E-state index in [2.05, 4.69) is 15.1 Å². The zero-order valence-corrected chi connectivity index (χ0v) is 10.2. The van der Waals surface area contributed by atoms with E-state index in [1.54, 1.807) is 22.9 Å². The molecule has 0 aliphatic heterocycles. The van der Waals surface area contributed by atoms with E-state index in [0.29, 0.717) is 5.69 Å². The smallest absolute Gasteiger partial charge is 0.237 e. The van der Waals surface area contributed by atoms with Crippen LogP contribution in [-0.4, -0.2) is 20.7 Å². The van der Waals surface area contributed by atoms with Crippen LogP contribution in [0.25, 0.3) is 16.9 Å². The number of isocyanates is 1. The SMILES string of the molecule is Cc1cc2nccc(-c3cccc(N=C=O)c3)n2n1. The molecule has 92 valence electrons. The Kier molecular flexibility index (Phi) is 2.67. The highest BCUT2D eigenvalue weighted by molar-refractivity contribution is 5.67. The molecular weight excluding hydrogens is 240 g/mol. The third-order valence-corrected chi connectivity index (χ3v) is 2.80. The van der Waals surface area contributed by atoms with Crippen molar-refractivity contribution in [3.63, 3.8) is 0 Å². The molecular formula is C14H10N4O. The van der Waals surface area contributed by atoms with Crippen LogP contribution < -0.4 is 0 Å². The molecule has 0 radical (unpaired) electrons. The number of aromatic nitrogens is 3. The molecule has 2 heterocycles. The number of hydrogen-bond acceptors (Lipinski definition) is 4. The Hall–Kier alpha value is -2.78. The lowest BCUT2D eigenvalue weighted by Crippen LogP contribution is -1.95. The van der Waals surface area contributed by atoms with Crippen LogP contribution in [0.4, 0.5) is 5.69 Å². The average Bonchev–Trinajstić information content (AvgIpc) is 2.79. The zero-order chi connectivity index (χ0) is 13.2. The van der Waals surface area contributed by atoms with Gasteiger partial charge in [-0.2, -0.15) is 10.1 Å². The summed E-state index contributed by atoms with van der Waals surface area (Å²) in [5, 5.41) is 4.41. The Labute approximate surface area is 109 Å². The van der Waals surface area contributed by atoms with E-state index in [-0.39, 0.29) is 0 Å². The summed E-state index contributed by atoms with van der Waals surface area (Å²) in [6.45, 7) is 1.92. The third kappa shape index (κ3) is 2.03. The maximum absolute atomic E-state index is 10.3. The molecule has 19 heavy (non-hydrogen) atoms. The monoisotopic (exact) mass is 250 g/mol. The van der Waals surface area contributed by atoms with Gasteiger partial charge < -0.3 is 0 Å². The fourth-order valence-electron chi connectivity index (χ4n) is 2.02. The number of nitrogens with zero attached hydrogens (tertiary/aromatic N) is 4. The molecule has 0 aliphatic carbocycles. The first-order valence-corrected chi connectivity index (χ1v) is 5.77. The van der Waals surface area contributed by atoms with E-state index in [1.165, 1.54) is 0 Å². The summed E-state index contributed by atoms with van der Waals surface area (Å²) in [6.07, 6.45) is 3.28. The Morgan fingerprint density at radius 1 is 1.26 bits per heavy atom. The zero-order valence-electron chi connectivity index (χ0n) is 10.2. The first-order valence-electron chi connectivity index (χ1n) is 5.77. The lowest BCUT2D eigenvalue weighted by molar-refractivity contribution is 0.565. The normalized spacial score (nSPS) is 10.4. The van der Waals surface area contributed by atoms with Crippen molar-refractivity contribution in [1.82, 2.24) is 14.6 Å². The highest BCUT2D eigenvalue weighted by Gasteiger charge is 2.06. The van der Waals surface area contributed by atoms with Gasteiger partial charge in [0.25, 0.3) is 0 Å². The summed E-state index contributed by atoms with van der Waals surface area (Å²) < 4.78 is 1.78. The Morgan fingerprint density at radius 3 is 3.00 bits per heavy atom. The molecule has 5 heteroatoms. The number of fused-ring (bicyclic) bond motifs is 1. The summed E-state index contributed by atoms with van der Waals surface area (Å²) in [4.78, 5) is 18.2. The molecule has 1 aromatic carbocycles. The highest BCUT2D eigenvalue weighted by atomic mass is 16.1. The van der Waals surface area contributed by atoms with Gasteiger partial charge in [0.05, 0.1) is 17.1 Å². The second kappa shape index (κ2) is 4.48. The van der Waals surface area contributed by atoms with Crippen molar-refractivity contribution < 1.29 is 4.79 Å². The van der Waals surface area contributed by atoms with Gasteiger partial charge in [0.15, 0.2) is 5.65 Å². The molecule has 0 aliphatic rings. The second-order valence-electron chi connectivity index (χ2n) is 4.14. The minimum Gasteiger partial charge on any atom is -0.237 e. The van der Waals surface area contributed by atoms with Gasteiger partial charge in [-0.3, -0.25) is 0 Å². The van der Waals surface area contributed by atoms with Crippen molar-refractivity contribution >= 4 is 17.4 Å². The first-order chi connectivity index (χ1) is 9.28. The van der Waals surface area contributed by atoms with Crippen LogP contribution in [0.15, 0.2) is 47.6 Å². The maximum atomic E-state index is 10.3. The summed E-state index contributed by atoms with van der Waals surface area (Å²) in [5.74, 6) is 0. The number of benzene rings is 1. The quantitative estimate of drug-likeness (QED) is 0.519. The van der Waals surface area contributed by atoms with Crippen molar-refractivity contribution in [2.75, 3.05) is 0 Å². The minimum absolute atomic E-state index is 0.571. The molecule has 5 nitrogen and oxygen atoms in total. The number of hydrogen-bond donors (Lipinski definition) is 0. The standard InChI is InChI=1S/C14H10N4O/c1-10-7-14-15-6-5-13(18(14)17-10)11-3-2-4-12(8-11)16-9-19/h2-8H,1H3. The number of rotatable bonds is 2. The van der Waals surface area contributed by atoms with Gasteiger partial charge in [-0.1, -0.05) is 12.1 Å². The number of carbonyl (C=O) groups excluding carboxylic acids is 1. The molecule has 0 spiro atoms. The van der Waals surface area contributed by atoms with Gasteiger partial charge in [0.2, 0.25) is 6.08 Å². The average molecular weight is 250 g/mol. The van der Waals surface area contributed by atoms with Crippen LogP contribution in [-0.2, 0) is 4.79 Å². The van der Waals surface area contributed by atoms with Crippen molar-refractivity contribution in [1.29, 1.82) is 0 Å². The van der Waals surface area contributed by atoms with Gasteiger partial charge in [0.1, 0.15) is 0 Å². The number of aryl methyl sites for hydroxylation is 1. The van der Waals surface area contributed by atoms with Crippen LogP contribution in [0.2, 0.25) is 0 Å². The molecule has 0 N–H and O–H groups in total. The second-order valence-corrected chi connectivity index (χ2v) is 4.14. The number of aliphatic imine (C=N–C) groups is 1. The summed E-state index contributed by atoms with van der Waals surface area (Å²) in [6, 6.07) is 11.1. The Balaban J connectivity index is 2.23. The van der Waals surface area contributed by atoms with E-state index in [9.17, 15) is 4.79 Å². The van der Waals surface area contributed by atoms with Crippen molar-refractivity contribution in [2.45, 2.75) is 6.92 Å². The Bertz CT molecular complexity index is 800. The summed E-state index contributed by atoms with van der Waals surface area (Å²) in [5.41, 5.74) is 4.09. The predicted molar refractivity (Wildman–Crippen MR) is 70.9 cm³/mol. The molecule has 0 fully saturated rings. The molecule has 0 bridgehead atoms. The molecule has 2 aromatic heterocycles. The molecule has 0 saturated carbocycles. The largest absolute Gasteiger partial charge is 0.240 e. The molecule has 3 aromatic rings. The maximum Gasteiger partial charge on any atom is 0.240 e. The van der Waals surface area contributed by atoms with Crippen molar-refractivity contribution in [3.8, 4) is 11.3 Å².